The molecule has 0 unspecified atom stereocenters. The van der Waals surface area contributed by atoms with Crippen LogP contribution in [0.3, 0.4) is 0 Å². The van der Waals surface area contributed by atoms with Crippen molar-refractivity contribution < 1.29 is 0 Å². The smallest absolute Gasteiger partial charge is 0.0263 e. The largest absolute Gasteiger partial charge is 0.0996 e. The summed E-state index contributed by atoms with van der Waals surface area (Å²) < 4.78 is 0. The van der Waals surface area contributed by atoms with E-state index in [1.807, 2.05) is 27.7 Å². The number of hydrogen-bond acceptors (Lipinski definition) is 0. The average molecular weight is 202 g/mol. The van der Waals surface area contributed by atoms with Gasteiger partial charge in [-0.2, -0.15) is 0 Å². The molecule has 90 valence electrons. The fourth-order valence-electron chi connectivity index (χ4n) is 0.408. The van der Waals surface area contributed by atoms with Crippen LogP contribution in [0.1, 0.15) is 75.2 Å². The molecule has 0 aromatic carbocycles. The third-order valence-corrected chi connectivity index (χ3v) is 1.27. The van der Waals surface area contributed by atoms with Gasteiger partial charge in [0.2, 0.25) is 0 Å². The van der Waals surface area contributed by atoms with E-state index in [2.05, 4.69) is 41.2 Å². The van der Waals surface area contributed by atoms with Crippen LogP contribution in [0.5, 0.6) is 0 Å². The Morgan fingerprint density at radius 3 is 1.14 bits per heavy atom. The highest BCUT2D eigenvalue weighted by molar-refractivity contribution is 4.95. The van der Waals surface area contributed by atoms with Crippen molar-refractivity contribution in [3.05, 3.63) is 12.2 Å². The topological polar surface area (TPSA) is 0 Å². The van der Waals surface area contributed by atoms with E-state index in [-0.39, 0.29) is 0 Å². The van der Waals surface area contributed by atoms with Crippen molar-refractivity contribution in [2.75, 3.05) is 0 Å². The standard InChI is InChI=1S/C7H14.C3H8.2C2H6/c1-5-7(4)6(2)3;1-3-2;2*1-2/h6H,4-5H2,1-3H3;3H2,1-2H3;2*1-2H3. The van der Waals surface area contributed by atoms with Crippen molar-refractivity contribution in [3.63, 3.8) is 0 Å². The quantitative estimate of drug-likeness (QED) is 0.476. The van der Waals surface area contributed by atoms with Gasteiger partial charge >= 0.3 is 0 Å². The zero-order chi connectivity index (χ0) is 12.6. The molecule has 14 heavy (non-hydrogen) atoms. The second-order valence-electron chi connectivity index (χ2n) is 2.87. The molecule has 0 heterocycles. The normalized spacial score (nSPS) is 7.00. The molecule has 0 aliphatic heterocycles. The van der Waals surface area contributed by atoms with Gasteiger partial charge in [-0.05, 0) is 12.3 Å². The third-order valence-electron chi connectivity index (χ3n) is 1.27. The summed E-state index contributed by atoms with van der Waals surface area (Å²) in [5, 5.41) is 0. The molecule has 0 N–H and O–H groups in total. The molecule has 0 aliphatic carbocycles. The molecular formula is C14H34. The third kappa shape index (κ3) is 41.1. The summed E-state index contributed by atoms with van der Waals surface area (Å²) in [4.78, 5) is 0. The van der Waals surface area contributed by atoms with Crippen molar-refractivity contribution in [3.8, 4) is 0 Å². The van der Waals surface area contributed by atoms with E-state index in [1.165, 1.54) is 12.0 Å². The number of allylic oxidation sites excluding steroid dienone is 1. The van der Waals surface area contributed by atoms with E-state index in [0.717, 1.165) is 6.42 Å². The highest BCUT2D eigenvalue weighted by Gasteiger charge is 1.93. The van der Waals surface area contributed by atoms with Crippen molar-refractivity contribution in [1.29, 1.82) is 0 Å². The summed E-state index contributed by atoms with van der Waals surface area (Å²) in [7, 11) is 0. The molecule has 0 atom stereocenters. The van der Waals surface area contributed by atoms with Gasteiger partial charge in [-0.1, -0.05) is 80.9 Å². The molecule has 0 aromatic heterocycles. The minimum Gasteiger partial charge on any atom is -0.0996 e. The van der Waals surface area contributed by atoms with Crippen molar-refractivity contribution in [2.45, 2.75) is 75.2 Å². The minimum absolute atomic E-state index is 0.671. The van der Waals surface area contributed by atoms with E-state index >= 15 is 0 Å². The molecule has 0 amide bonds. The van der Waals surface area contributed by atoms with Crippen LogP contribution >= 0.6 is 0 Å². The first-order valence-electron chi connectivity index (χ1n) is 6.27. The Kier molecular flexibility index (Phi) is 49.2. The van der Waals surface area contributed by atoms with Gasteiger partial charge in [0.25, 0.3) is 0 Å². The Morgan fingerprint density at radius 2 is 1.14 bits per heavy atom. The molecule has 0 radical (unpaired) electrons. The maximum Gasteiger partial charge on any atom is -0.0263 e. The first-order valence-corrected chi connectivity index (χ1v) is 6.27. The lowest BCUT2D eigenvalue weighted by Crippen LogP contribution is -1.87. The van der Waals surface area contributed by atoms with E-state index in [1.54, 1.807) is 0 Å². The lowest BCUT2D eigenvalue weighted by molar-refractivity contribution is 0.736. The Morgan fingerprint density at radius 1 is 0.929 bits per heavy atom. The SMILES string of the molecule is C=C(CC)C(C)C.CC.CC.CCC. The van der Waals surface area contributed by atoms with Crippen LogP contribution in [0.25, 0.3) is 0 Å². The summed E-state index contributed by atoms with van der Waals surface area (Å²) in [5.41, 5.74) is 1.35. The molecule has 0 bridgehead atoms. The molecule has 0 nitrogen and oxygen atoms in total. The van der Waals surface area contributed by atoms with Gasteiger partial charge in [0.05, 0.1) is 0 Å². The van der Waals surface area contributed by atoms with Gasteiger partial charge in [-0.3, -0.25) is 0 Å². The number of rotatable bonds is 2. The Labute approximate surface area is 93.8 Å². The predicted molar refractivity (Wildman–Crippen MR) is 72.9 cm³/mol. The summed E-state index contributed by atoms with van der Waals surface area (Å²) in [6.07, 6.45) is 2.37. The molecule has 0 saturated carbocycles. The van der Waals surface area contributed by atoms with Gasteiger partial charge in [0.1, 0.15) is 0 Å². The molecular weight excluding hydrogens is 168 g/mol. The lowest BCUT2D eigenvalue weighted by atomic mass is 10.0. The summed E-state index contributed by atoms with van der Waals surface area (Å²) in [6, 6.07) is 0. The Hall–Kier alpha value is -0.260. The summed E-state index contributed by atoms with van der Waals surface area (Å²) in [6.45, 7) is 22.6. The molecule has 0 aliphatic rings. The fourth-order valence-corrected chi connectivity index (χ4v) is 0.408. The van der Waals surface area contributed by atoms with Gasteiger partial charge in [0.15, 0.2) is 0 Å². The van der Waals surface area contributed by atoms with E-state index in [9.17, 15) is 0 Å². The second kappa shape index (κ2) is 29.3. The van der Waals surface area contributed by atoms with Crippen LogP contribution in [0, 0.1) is 5.92 Å². The summed E-state index contributed by atoms with van der Waals surface area (Å²) in [5.74, 6) is 0.671. The average Bonchev–Trinajstić information content (AvgIpc) is 2.23. The van der Waals surface area contributed by atoms with Crippen LogP contribution in [0.15, 0.2) is 12.2 Å². The maximum absolute atomic E-state index is 3.87. The number of hydrogen-bond donors (Lipinski definition) is 0. The van der Waals surface area contributed by atoms with Crippen LogP contribution in [-0.4, -0.2) is 0 Å². The molecule has 0 rings (SSSR count). The van der Waals surface area contributed by atoms with Crippen LogP contribution in [-0.2, 0) is 0 Å². The van der Waals surface area contributed by atoms with Crippen LogP contribution in [0.4, 0.5) is 0 Å². The van der Waals surface area contributed by atoms with Gasteiger partial charge in [-0.15, -0.1) is 0 Å². The van der Waals surface area contributed by atoms with Crippen molar-refractivity contribution in [2.24, 2.45) is 5.92 Å². The van der Waals surface area contributed by atoms with Crippen LogP contribution in [0.2, 0.25) is 0 Å². The molecule has 0 heteroatoms. The van der Waals surface area contributed by atoms with E-state index in [0.29, 0.717) is 5.92 Å². The first-order chi connectivity index (χ1) is 6.59. The minimum atomic E-state index is 0.671. The van der Waals surface area contributed by atoms with Crippen LogP contribution < -0.4 is 0 Å². The van der Waals surface area contributed by atoms with E-state index < -0.39 is 0 Å². The maximum atomic E-state index is 3.87. The van der Waals surface area contributed by atoms with Gasteiger partial charge in [0, 0.05) is 0 Å². The fraction of sp³-hybridized carbons (Fsp3) is 0.857. The Bertz CT molecular complexity index is 70.1. The zero-order valence-electron chi connectivity index (χ0n) is 12.2. The second-order valence-corrected chi connectivity index (χ2v) is 2.87. The first kappa shape index (κ1) is 23.5. The highest BCUT2D eigenvalue weighted by atomic mass is 14.0. The molecule has 0 aromatic rings. The molecule has 0 fully saturated rings. The van der Waals surface area contributed by atoms with E-state index in [4.69, 9.17) is 0 Å². The molecule has 0 spiro atoms. The van der Waals surface area contributed by atoms with Crippen molar-refractivity contribution >= 4 is 0 Å². The van der Waals surface area contributed by atoms with Crippen molar-refractivity contribution in [1.82, 2.24) is 0 Å². The highest BCUT2D eigenvalue weighted by Crippen LogP contribution is 2.08. The molecule has 0 saturated heterocycles. The predicted octanol–water partition coefficient (Wildman–Crippen LogP) is 6.08. The summed E-state index contributed by atoms with van der Waals surface area (Å²) >= 11 is 0. The monoisotopic (exact) mass is 202 g/mol. The van der Waals surface area contributed by atoms with Gasteiger partial charge in [-0.25, -0.2) is 0 Å². The van der Waals surface area contributed by atoms with Gasteiger partial charge < -0.3 is 0 Å². The Balaban J connectivity index is -0.0000000603. The lowest BCUT2D eigenvalue weighted by Gasteiger charge is -2.03. The zero-order valence-corrected chi connectivity index (χ0v) is 12.2.